The number of carbonyl (C=O) groups excluding carboxylic acids is 2. The largest absolute Gasteiger partial charge is 0.465 e. The van der Waals surface area contributed by atoms with Crippen LogP contribution in [0.2, 0.25) is 0 Å². The molecule has 0 saturated carbocycles. The van der Waals surface area contributed by atoms with Gasteiger partial charge in [-0.3, -0.25) is 4.79 Å². The molecule has 1 aromatic heterocycles. The SMILES string of the molecule is CC[C@H](C)[C@@H](C(=O)N[C@@H](Cc1ccccc1)C[C@H](O)[C@H](Cc1ccccc1)NC(=O)O)N1CCN(Cc2csc(C)n2)C1=O. The Labute approximate surface area is 263 Å². The number of carbonyl (C=O) groups is 3. The lowest BCUT2D eigenvalue weighted by Gasteiger charge is -2.33. The fourth-order valence-corrected chi connectivity index (χ4v) is 6.36. The number of aliphatic hydroxyl groups is 1. The van der Waals surface area contributed by atoms with E-state index in [2.05, 4.69) is 15.6 Å². The average molecular weight is 622 g/mol. The number of carboxylic acid groups (broad SMARTS) is 1. The van der Waals surface area contributed by atoms with Crippen molar-refractivity contribution in [1.82, 2.24) is 25.4 Å². The number of aryl methyl sites for hydroxylation is 1. The molecular weight excluding hydrogens is 578 g/mol. The third-order valence-electron chi connectivity index (χ3n) is 8.20. The van der Waals surface area contributed by atoms with E-state index in [0.717, 1.165) is 21.8 Å². The van der Waals surface area contributed by atoms with E-state index in [4.69, 9.17) is 0 Å². The lowest BCUT2D eigenvalue weighted by Crippen LogP contribution is -2.55. The Balaban J connectivity index is 1.52. The molecule has 4 rings (SSSR count). The number of nitrogens with zero attached hydrogens (tertiary/aromatic N) is 3. The van der Waals surface area contributed by atoms with Crippen LogP contribution < -0.4 is 10.6 Å². The van der Waals surface area contributed by atoms with Crippen molar-refractivity contribution in [2.75, 3.05) is 13.1 Å². The Morgan fingerprint density at radius 3 is 2.20 bits per heavy atom. The molecule has 0 bridgehead atoms. The minimum Gasteiger partial charge on any atom is -0.465 e. The fraction of sp³-hybridized carbons (Fsp3) is 0.455. The smallest absolute Gasteiger partial charge is 0.404 e. The molecule has 11 heteroatoms. The van der Waals surface area contributed by atoms with E-state index in [1.54, 1.807) is 21.1 Å². The summed E-state index contributed by atoms with van der Waals surface area (Å²) in [6.07, 6.45) is -0.754. The van der Waals surface area contributed by atoms with Gasteiger partial charge in [-0.05, 0) is 43.2 Å². The molecule has 1 saturated heterocycles. The highest BCUT2D eigenvalue weighted by Crippen LogP contribution is 2.24. The summed E-state index contributed by atoms with van der Waals surface area (Å²) < 4.78 is 0. The number of hydrogen-bond acceptors (Lipinski definition) is 6. The van der Waals surface area contributed by atoms with Crippen LogP contribution in [0.5, 0.6) is 0 Å². The Kier molecular flexibility index (Phi) is 11.7. The van der Waals surface area contributed by atoms with Gasteiger partial charge in [-0.2, -0.15) is 0 Å². The van der Waals surface area contributed by atoms with Crippen molar-refractivity contribution in [2.24, 2.45) is 5.92 Å². The summed E-state index contributed by atoms with van der Waals surface area (Å²) >= 11 is 1.54. The minimum atomic E-state index is -1.23. The summed E-state index contributed by atoms with van der Waals surface area (Å²) in [7, 11) is 0. The number of aromatic nitrogens is 1. The van der Waals surface area contributed by atoms with Crippen molar-refractivity contribution in [3.8, 4) is 0 Å². The zero-order valence-electron chi connectivity index (χ0n) is 25.6. The Morgan fingerprint density at radius 2 is 1.64 bits per heavy atom. The van der Waals surface area contributed by atoms with Crippen LogP contribution in [0.25, 0.3) is 0 Å². The summed E-state index contributed by atoms with van der Waals surface area (Å²) in [5.74, 6) is -0.389. The summed E-state index contributed by atoms with van der Waals surface area (Å²) in [4.78, 5) is 47.1. The van der Waals surface area contributed by atoms with Crippen molar-refractivity contribution < 1.29 is 24.6 Å². The van der Waals surface area contributed by atoms with Crippen molar-refractivity contribution in [1.29, 1.82) is 0 Å². The minimum absolute atomic E-state index is 0.109. The van der Waals surface area contributed by atoms with Gasteiger partial charge >= 0.3 is 12.1 Å². The maximum absolute atomic E-state index is 14.0. The number of hydrogen-bond donors (Lipinski definition) is 4. The van der Waals surface area contributed by atoms with E-state index < -0.39 is 30.3 Å². The first-order valence-corrected chi connectivity index (χ1v) is 16.0. The first-order chi connectivity index (χ1) is 21.1. The molecule has 4 N–H and O–H groups in total. The van der Waals surface area contributed by atoms with E-state index in [1.807, 2.05) is 86.8 Å². The van der Waals surface area contributed by atoms with Gasteiger partial charge in [0.2, 0.25) is 5.91 Å². The highest BCUT2D eigenvalue weighted by atomic mass is 32.1. The lowest BCUT2D eigenvalue weighted by molar-refractivity contribution is -0.127. The number of urea groups is 1. The van der Waals surface area contributed by atoms with Crippen molar-refractivity contribution in [3.63, 3.8) is 0 Å². The van der Waals surface area contributed by atoms with E-state index in [-0.39, 0.29) is 24.3 Å². The molecule has 1 aliphatic rings. The summed E-state index contributed by atoms with van der Waals surface area (Å²) in [6.45, 7) is 7.23. The molecule has 2 aromatic carbocycles. The predicted octanol–water partition coefficient (Wildman–Crippen LogP) is 4.46. The number of aliphatic hydroxyl groups excluding tert-OH is 1. The van der Waals surface area contributed by atoms with Gasteiger partial charge < -0.3 is 30.6 Å². The monoisotopic (exact) mass is 621 g/mol. The second kappa shape index (κ2) is 15.7. The summed E-state index contributed by atoms with van der Waals surface area (Å²) in [5.41, 5.74) is 2.69. The number of nitrogens with one attached hydrogen (secondary N) is 2. The van der Waals surface area contributed by atoms with E-state index in [1.165, 1.54) is 0 Å². The first-order valence-electron chi connectivity index (χ1n) is 15.2. The van der Waals surface area contributed by atoms with Crippen molar-refractivity contribution >= 4 is 29.4 Å². The quantitative estimate of drug-likeness (QED) is 0.198. The molecule has 0 unspecified atom stereocenters. The van der Waals surface area contributed by atoms with Gasteiger partial charge in [0.25, 0.3) is 0 Å². The Hall–Kier alpha value is -3.96. The number of amides is 4. The second-order valence-corrected chi connectivity index (χ2v) is 12.6. The zero-order chi connectivity index (χ0) is 31.6. The Bertz CT molecular complexity index is 1370. The van der Waals surface area contributed by atoms with Gasteiger partial charge in [-0.25, -0.2) is 14.6 Å². The Morgan fingerprint density at radius 1 is 1.00 bits per heavy atom. The van der Waals surface area contributed by atoms with Gasteiger partial charge in [-0.15, -0.1) is 11.3 Å². The molecule has 1 fully saturated rings. The molecule has 4 amide bonds. The van der Waals surface area contributed by atoms with Gasteiger partial charge in [0.1, 0.15) is 6.04 Å². The first kappa shape index (κ1) is 32.9. The van der Waals surface area contributed by atoms with Crippen LogP contribution in [0.1, 0.15) is 48.5 Å². The van der Waals surface area contributed by atoms with E-state index in [9.17, 15) is 24.6 Å². The molecule has 1 aliphatic heterocycles. The summed E-state index contributed by atoms with van der Waals surface area (Å²) in [5, 5.41) is 29.4. The number of thiazole rings is 1. The highest BCUT2D eigenvalue weighted by Gasteiger charge is 2.40. The highest BCUT2D eigenvalue weighted by molar-refractivity contribution is 7.09. The maximum atomic E-state index is 14.0. The molecule has 0 radical (unpaired) electrons. The second-order valence-electron chi connectivity index (χ2n) is 11.5. The standard InChI is InChI=1S/C33H43N5O5S/c1-4-22(2)30(38-16-15-37(33(38)43)20-27-21-44-23(3)34-27)31(40)35-26(17-24-11-7-5-8-12-24)19-29(39)28(36-32(41)42)18-25-13-9-6-10-14-25/h5-14,21-22,26,28-30,36,39H,4,15-20H2,1-3H3,(H,35,40)(H,41,42)/t22-,26-,28-,29-,30-/m0/s1. The number of rotatable bonds is 15. The lowest BCUT2D eigenvalue weighted by atomic mass is 9.92. The molecule has 0 aliphatic carbocycles. The van der Waals surface area contributed by atoms with Crippen molar-refractivity contribution in [2.45, 2.75) is 77.2 Å². The van der Waals surface area contributed by atoms with Crippen LogP contribution in [0.4, 0.5) is 9.59 Å². The summed E-state index contributed by atoms with van der Waals surface area (Å²) in [6, 6.07) is 16.9. The van der Waals surface area contributed by atoms with Gasteiger partial charge in [-0.1, -0.05) is 80.9 Å². The third-order valence-corrected chi connectivity index (χ3v) is 9.03. The normalized spacial score (nSPS) is 16.7. The van der Waals surface area contributed by atoms with Crippen LogP contribution in [-0.2, 0) is 24.2 Å². The molecular formula is C33H43N5O5S. The van der Waals surface area contributed by atoms with Gasteiger partial charge in [0.15, 0.2) is 0 Å². The van der Waals surface area contributed by atoms with Crippen LogP contribution in [-0.4, -0.2) is 80.3 Å². The molecule has 5 atom stereocenters. The molecule has 10 nitrogen and oxygen atoms in total. The van der Waals surface area contributed by atoms with Crippen molar-refractivity contribution in [3.05, 3.63) is 87.9 Å². The maximum Gasteiger partial charge on any atom is 0.404 e. The van der Waals surface area contributed by atoms with Gasteiger partial charge in [0.05, 0.1) is 29.4 Å². The van der Waals surface area contributed by atoms with Crippen LogP contribution in [0.15, 0.2) is 66.0 Å². The van der Waals surface area contributed by atoms with Gasteiger partial charge in [0, 0.05) is 24.5 Å². The third kappa shape index (κ3) is 9.03. The molecule has 3 aromatic rings. The predicted molar refractivity (Wildman–Crippen MR) is 170 cm³/mol. The molecule has 2 heterocycles. The topological polar surface area (TPSA) is 135 Å². The van der Waals surface area contributed by atoms with Crippen LogP contribution in [0, 0.1) is 12.8 Å². The zero-order valence-corrected chi connectivity index (χ0v) is 26.4. The van der Waals surface area contributed by atoms with E-state index >= 15 is 0 Å². The average Bonchev–Trinajstić information content (AvgIpc) is 3.58. The fourth-order valence-electron chi connectivity index (χ4n) is 5.76. The van der Waals surface area contributed by atoms with Crippen LogP contribution in [0.3, 0.4) is 0 Å². The molecule has 44 heavy (non-hydrogen) atoms. The van der Waals surface area contributed by atoms with Crippen LogP contribution >= 0.6 is 11.3 Å². The van der Waals surface area contributed by atoms with E-state index in [0.29, 0.717) is 38.9 Å². The molecule has 236 valence electrons. The number of benzene rings is 2. The molecule has 0 spiro atoms.